The second kappa shape index (κ2) is 47.2. The van der Waals surface area contributed by atoms with E-state index in [9.17, 15) is 71.9 Å². The van der Waals surface area contributed by atoms with Crippen molar-refractivity contribution >= 4 is 122 Å². The van der Waals surface area contributed by atoms with E-state index in [4.69, 9.17) is 0 Å². The number of aryl methyl sites for hydroxylation is 2. The molecule has 0 radical (unpaired) electrons. The van der Waals surface area contributed by atoms with Crippen LogP contribution in [0, 0.1) is 17.8 Å². The number of rotatable bonds is 20. The van der Waals surface area contributed by atoms with Crippen LogP contribution in [0.1, 0.15) is 251 Å². The lowest BCUT2D eigenvalue weighted by atomic mass is 9.87. The summed E-state index contributed by atoms with van der Waals surface area (Å²) in [6, 6.07) is 37.4. The summed E-state index contributed by atoms with van der Waals surface area (Å²) in [6.07, 6.45) is 15.9. The molecule has 11 unspecified atom stereocenters. The summed E-state index contributed by atoms with van der Waals surface area (Å²) >= 11 is 0. The number of hydrogen-bond donors (Lipinski definition) is 10. The first-order valence-electron chi connectivity index (χ1n) is 50.0. The third-order valence-corrected chi connectivity index (χ3v) is 29.7. The van der Waals surface area contributed by atoms with Crippen LogP contribution >= 0.6 is 0 Å². The van der Waals surface area contributed by atoms with Gasteiger partial charge in [-0.25, -0.2) is 0 Å². The van der Waals surface area contributed by atoms with Crippen LogP contribution in [0.3, 0.4) is 0 Å². The topological polar surface area (TPSA) is 399 Å². The number of amides is 15. The zero-order valence-electron chi connectivity index (χ0n) is 81.4. The van der Waals surface area contributed by atoms with Gasteiger partial charge in [-0.1, -0.05) is 163 Å². The Morgan fingerprint density at radius 3 is 1.08 bits per heavy atom. The van der Waals surface area contributed by atoms with Crippen LogP contribution in [-0.2, 0) is 84.8 Å². The van der Waals surface area contributed by atoms with E-state index < -0.39 is 78.5 Å². The van der Waals surface area contributed by atoms with Gasteiger partial charge < -0.3 is 76.8 Å². The van der Waals surface area contributed by atoms with Crippen molar-refractivity contribution in [2.45, 2.75) is 321 Å². The highest BCUT2D eigenvalue weighted by Crippen LogP contribution is 2.39. The van der Waals surface area contributed by atoms with Crippen LogP contribution in [0.4, 0.5) is 11.4 Å². The molecule has 18 atom stereocenters. The number of likely N-dealkylation sites (N-methyl/N-ethyl adjacent to an activating group) is 1. The number of nitrogens with one attached hydrogen (secondary N) is 10. The molecule has 0 saturated carbocycles. The molecular formula is C105H141N17O15. The monoisotopic (exact) mass is 1880 g/mol. The molecule has 6 aromatic carbocycles. The molecule has 736 valence electrons. The van der Waals surface area contributed by atoms with Gasteiger partial charge in [0.1, 0.15) is 66.7 Å². The Balaban J connectivity index is 0.000000155. The summed E-state index contributed by atoms with van der Waals surface area (Å²) in [4.78, 5) is 207. The Morgan fingerprint density at radius 1 is 0.358 bits per heavy atom. The number of nitrogens with zero attached hydrogens (tertiary/aromatic N) is 7. The second-order valence-electron chi connectivity index (χ2n) is 38.6. The number of hydrogen-bond acceptors (Lipinski definition) is 17. The fourth-order valence-corrected chi connectivity index (χ4v) is 21.0. The van der Waals surface area contributed by atoms with Crippen molar-refractivity contribution in [2.75, 3.05) is 43.9 Å². The minimum atomic E-state index is -0.868. The molecule has 8 heterocycles. The predicted molar refractivity (Wildman–Crippen MR) is 522 cm³/mol. The van der Waals surface area contributed by atoms with Gasteiger partial charge in [0, 0.05) is 80.8 Å². The van der Waals surface area contributed by atoms with Gasteiger partial charge in [0.05, 0.1) is 24.4 Å². The van der Waals surface area contributed by atoms with E-state index in [0.29, 0.717) is 109 Å². The summed E-state index contributed by atoms with van der Waals surface area (Å²) in [5, 5.41) is 34.9. The first kappa shape index (κ1) is 102. The molecule has 8 saturated heterocycles. The largest absolute Gasteiger partial charge is 0.347 e. The Kier molecular flexibility index (Phi) is 35.2. The molecule has 0 spiro atoms. The molecule has 15 amide bonds. The van der Waals surface area contributed by atoms with E-state index in [0.717, 1.165) is 117 Å². The van der Waals surface area contributed by atoms with Crippen LogP contribution in [0.25, 0.3) is 21.5 Å². The van der Waals surface area contributed by atoms with Gasteiger partial charge in [0.25, 0.3) is 0 Å². The minimum absolute atomic E-state index is 0.00906. The number of carbonyl (C=O) groups is 15. The maximum Gasteiger partial charge on any atom is 0.247 e. The second-order valence-corrected chi connectivity index (χ2v) is 38.6. The van der Waals surface area contributed by atoms with Crippen LogP contribution in [0.5, 0.6) is 0 Å². The Bertz CT molecular complexity index is 5390. The molecule has 16 rings (SSSR count). The third kappa shape index (κ3) is 24.1. The summed E-state index contributed by atoms with van der Waals surface area (Å²) in [6.45, 7) is 19.8. The normalized spacial score (nSPS) is 25.5. The van der Waals surface area contributed by atoms with Crippen molar-refractivity contribution in [1.82, 2.24) is 76.8 Å². The average Bonchev–Trinajstić information content (AvgIpc) is 1.64. The van der Waals surface area contributed by atoms with Crippen LogP contribution < -0.4 is 53.2 Å². The lowest BCUT2D eigenvalue weighted by Gasteiger charge is -2.41. The molecule has 6 aromatic rings. The van der Waals surface area contributed by atoms with Gasteiger partial charge >= 0.3 is 0 Å². The van der Waals surface area contributed by atoms with Gasteiger partial charge in [-0.2, -0.15) is 0 Å². The van der Waals surface area contributed by atoms with E-state index >= 15 is 0 Å². The van der Waals surface area contributed by atoms with Crippen molar-refractivity contribution in [2.24, 2.45) is 17.8 Å². The van der Waals surface area contributed by atoms with Gasteiger partial charge in [-0.15, -0.1) is 0 Å². The molecule has 32 nitrogen and oxygen atoms in total. The van der Waals surface area contributed by atoms with E-state index in [2.05, 4.69) is 77.4 Å². The van der Waals surface area contributed by atoms with Crippen molar-refractivity contribution in [3.8, 4) is 0 Å². The smallest absolute Gasteiger partial charge is 0.247 e. The SMILES string of the molecule is CC(=O)N(C)[C@@H](C)C(=O)NC1CCCN(C(C)=O)[C@H]2CCC(C(=O)Nc3cccc4ccccc34)N2C1=O.CC[C@@H](C)C(=O)NC1CCCN(C(C)=O)C2CCC(C(=O)N[C@@H]3CCCc4ccccc43)N2C1=O.CC[C@@H](C)C(=O)NC1CCCNC2CCC(C(=O)N[C@@H]3CCCc4ccccc43)N2C1=O.CC[C@@H](C)C(=O)NC1CCCNC2CCC(C(=O)Nc3cccc4ccccc34)N2C1=O. The van der Waals surface area contributed by atoms with Gasteiger partial charge in [0.15, 0.2) is 0 Å². The lowest BCUT2D eigenvalue weighted by Crippen LogP contribution is -2.61. The van der Waals surface area contributed by atoms with Crippen molar-refractivity contribution < 1.29 is 71.9 Å². The number of anilines is 2. The van der Waals surface area contributed by atoms with E-state index in [1.165, 1.54) is 54.3 Å². The van der Waals surface area contributed by atoms with Crippen molar-refractivity contribution in [3.05, 3.63) is 156 Å². The molecule has 0 bridgehead atoms. The van der Waals surface area contributed by atoms with Crippen LogP contribution in [-0.4, -0.2) is 235 Å². The van der Waals surface area contributed by atoms with E-state index in [-0.39, 0.29) is 119 Å². The van der Waals surface area contributed by atoms with Crippen LogP contribution in [0.2, 0.25) is 0 Å². The fraction of sp³-hybridized carbons (Fsp3) is 0.552. The van der Waals surface area contributed by atoms with E-state index in [1.807, 2.05) is 151 Å². The molecule has 0 aromatic heterocycles. The number of carbonyl (C=O) groups excluding carboxylic acids is 15. The molecule has 10 N–H and O–H groups in total. The summed E-state index contributed by atoms with van der Waals surface area (Å²) in [7, 11) is 1.53. The number of fused-ring (bicyclic) bond motifs is 8. The quantitative estimate of drug-likeness (QED) is 0.0339. The maximum absolute atomic E-state index is 13.9. The first-order chi connectivity index (χ1) is 65.9. The molecule has 10 aliphatic rings. The first-order valence-corrected chi connectivity index (χ1v) is 50.0. The van der Waals surface area contributed by atoms with Crippen molar-refractivity contribution in [3.63, 3.8) is 0 Å². The zero-order chi connectivity index (χ0) is 98.0. The molecule has 2 aliphatic carbocycles. The Hall–Kier alpha value is -12.2. The highest BCUT2D eigenvalue weighted by Gasteiger charge is 2.52. The fourth-order valence-electron chi connectivity index (χ4n) is 21.0. The third-order valence-electron chi connectivity index (χ3n) is 29.7. The number of benzene rings is 6. The van der Waals surface area contributed by atoms with Gasteiger partial charge in [-0.3, -0.25) is 82.6 Å². The predicted octanol–water partition coefficient (Wildman–Crippen LogP) is 10.2. The maximum atomic E-state index is 13.9. The highest BCUT2D eigenvalue weighted by atomic mass is 16.2. The summed E-state index contributed by atoms with van der Waals surface area (Å²) < 4.78 is 0. The molecule has 137 heavy (non-hydrogen) atoms. The summed E-state index contributed by atoms with van der Waals surface area (Å²) in [5.41, 5.74) is 6.27. The lowest BCUT2D eigenvalue weighted by molar-refractivity contribution is -0.153. The average molecular weight is 1880 g/mol. The molecular weight excluding hydrogens is 1740 g/mol. The highest BCUT2D eigenvalue weighted by molar-refractivity contribution is 6.07. The standard InChI is InChI=1S/C28H35N5O5.C27H38N4O4.C25H36N4O3.C25H32N4O3/c1-17(31(4)18(2)34)26(36)30-23-13-8-16-32(19(3)35)25-15-14-24(33(25)28(23)38)27(37)29-22-12-7-10-20-9-5-6-11-21(20)22;1-4-17(2)25(33)29-22-13-8-16-30(18(3)32)24-15-14-23(31(24)27(22)35)26(34)28-21-12-7-10-19-9-5-6-11-20(19)21;2*1-3-16(2)23(30)28-20-12-7-15-26-22-14-13-21(29(22)25(20)32)24(31)27-19-11-6-9-17-8-4-5-10-18(17)19/h5-7,9-12,17,23-25H,8,13-16H2,1-4H3,(H,29,37)(H,30,36);5-6,9,11,17,21-24H,4,7-8,10,12-16H2,1-3H3,(H,28,34)(H,29,33);4-5,8,10,16,19-22,26H,3,6-7,9,11-15H2,1-2H3,(H,27,31)(H,28,30);4-6,8-11,16,20-22,26H,3,7,12-15H2,1-2H3,(H,27,31)(H,28,30)/t17-,23?,24?,25+;17-,21-,22?,23?,24?;16-,19-,20?,21?,22?;16-,20?,21?,22?/m0111/s1. The Labute approximate surface area is 804 Å². The van der Waals surface area contributed by atoms with E-state index in [1.54, 1.807) is 31.4 Å². The summed E-state index contributed by atoms with van der Waals surface area (Å²) in [5.74, 6) is -3.56. The minimum Gasteiger partial charge on any atom is -0.347 e. The van der Waals surface area contributed by atoms with Gasteiger partial charge in [0.2, 0.25) is 88.6 Å². The van der Waals surface area contributed by atoms with Gasteiger partial charge in [-0.05, 0) is 226 Å². The van der Waals surface area contributed by atoms with Crippen LogP contribution in [0.15, 0.2) is 133 Å². The van der Waals surface area contributed by atoms with Crippen molar-refractivity contribution in [1.29, 1.82) is 0 Å². The Morgan fingerprint density at radius 2 is 0.686 bits per heavy atom. The molecule has 32 heteroatoms. The zero-order valence-corrected chi connectivity index (χ0v) is 81.4. The molecule has 8 aliphatic heterocycles. The molecule has 8 fully saturated rings.